The molecule has 0 atom stereocenters. The first-order chi connectivity index (χ1) is 7.74. The average Bonchev–Trinajstić information content (AvgIpc) is 2.34. The molecule has 96 valence electrons. The van der Waals surface area contributed by atoms with Crippen LogP contribution in [0.3, 0.4) is 0 Å². The van der Waals surface area contributed by atoms with Gasteiger partial charge in [-0.15, -0.1) is 0 Å². The second-order valence-corrected chi connectivity index (χ2v) is 2.95. The number of rotatable bonds is 6. The first kappa shape index (κ1) is 20.5. The highest BCUT2D eigenvalue weighted by molar-refractivity contribution is 5.93. The number of hydrogen-bond donors (Lipinski definition) is 1. The molecule has 0 aromatic carbocycles. The Bertz CT molecular complexity index is 178. The Labute approximate surface area is 103 Å². The third-order valence-electron chi connectivity index (χ3n) is 1.68. The predicted molar refractivity (Wildman–Crippen MR) is 78.5 cm³/mol. The Kier molecular flexibility index (Phi) is 25.3. The Balaban J connectivity index is -0.000000376. The van der Waals surface area contributed by atoms with Crippen molar-refractivity contribution < 1.29 is 0 Å². The van der Waals surface area contributed by atoms with E-state index in [1.807, 2.05) is 39.8 Å². The highest BCUT2D eigenvalue weighted by atomic mass is 14.4. The fraction of sp³-hybridized carbons (Fsp3) is 0.667. The van der Waals surface area contributed by atoms with E-state index in [1.165, 1.54) is 5.57 Å². The molecular weight excluding hydrogens is 194 g/mol. The Morgan fingerprint density at radius 2 is 1.44 bits per heavy atom. The van der Waals surface area contributed by atoms with Crippen LogP contribution in [0.1, 0.15) is 67.2 Å². The van der Waals surface area contributed by atoms with Crippen LogP contribution in [0.15, 0.2) is 24.3 Å². The molecule has 0 aliphatic carbocycles. The minimum Gasteiger partial charge on any atom is -0.305 e. The quantitative estimate of drug-likeness (QED) is 0.438. The molecule has 0 bridgehead atoms. The Morgan fingerprint density at radius 3 is 1.75 bits per heavy atom. The maximum atomic E-state index is 7.58. The van der Waals surface area contributed by atoms with E-state index in [0.29, 0.717) is 0 Å². The summed E-state index contributed by atoms with van der Waals surface area (Å²) in [6, 6.07) is 0. The summed E-state index contributed by atoms with van der Waals surface area (Å²) >= 11 is 0. The number of nitrogens with one attached hydrogen (secondary N) is 1. The standard InChI is InChI=1S/C11H19N.2C2H6/c1-4-7-10(6-3)9-11(12)8-5-2;2*1-2/h6,9,12H,3-5,7-8H2,1-2H3;2*1-2H3/b10-9+,12-11?;;. The van der Waals surface area contributed by atoms with Gasteiger partial charge < -0.3 is 5.41 Å². The van der Waals surface area contributed by atoms with Gasteiger partial charge in [-0.2, -0.15) is 0 Å². The molecule has 0 spiro atoms. The van der Waals surface area contributed by atoms with Crippen LogP contribution in [0.25, 0.3) is 0 Å². The molecule has 1 nitrogen and oxygen atoms in total. The van der Waals surface area contributed by atoms with Crippen molar-refractivity contribution >= 4 is 5.71 Å². The molecule has 0 aromatic heterocycles. The third kappa shape index (κ3) is 15.6. The lowest BCUT2D eigenvalue weighted by molar-refractivity contribution is 0.925. The number of allylic oxidation sites excluding steroid dienone is 3. The average molecular weight is 225 g/mol. The second-order valence-electron chi connectivity index (χ2n) is 2.95. The van der Waals surface area contributed by atoms with E-state index in [4.69, 9.17) is 5.41 Å². The Hall–Kier alpha value is -0.850. The van der Waals surface area contributed by atoms with Crippen LogP contribution in [-0.4, -0.2) is 5.71 Å². The molecule has 0 amide bonds. The summed E-state index contributed by atoms with van der Waals surface area (Å²) in [7, 11) is 0. The summed E-state index contributed by atoms with van der Waals surface area (Å²) in [6.45, 7) is 16.0. The van der Waals surface area contributed by atoms with Crippen molar-refractivity contribution in [1.29, 1.82) is 5.41 Å². The molecule has 0 aliphatic heterocycles. The molecule has 0 saturated heterocycles. The third-order valence-corrected chi connectivity index (χ3v) is 1.68. The summed E-state index contributed by atoms with van der Waals surface area (Å²) in [6.07, 6.45) is 7.88. The highest BCUT2D eigenvalue weighted by Crippen LogP contribution is 2.06. The van der Waals surface area contributed by atoms with Gasteiger partial charge in [-0.05, 0) is 24.5 Å². The van der Waals surface area contributed by atoms with Crippen LogP contribution in [-0.2, 0) is 0 Å². The topological polar surface area (TPSA) is 23.9 Å². The molecule has 0 unspecified atom stereocenters. The molecule has 16 heavy (non-hydrogen) atoms. The van der Waals surface area contributed by atoms with Gasteiger partial charge in [0.25, 0.3) is 0 Å². The van der Waals surface area contributed by atoms with E-state index in [-0.39, 0.29) is 0 Å². The molecule has 0 aliphatic rings. The van der Waals surface area contributed by atoms with Crippen molar-refractivity contribution in [3.8, 4) is 0 Å². The van der Waals surface area contributed by atoms with E-state index in [1.54, 1.807) is 0 Å². The molecule has 0 aromatic rings. The van der Waals surface area contributed by atoms with Crippen molar-refractivity contribution in [2.75, 3.05) is 0 Å². The Morgan fingerprint density at radius 1 is 1.00 bits per heavy atom. The van der Waals surface area contributed by atoms with Gasteiger partial charge in [-0.1, -0.05) is 67.0 Å². The van der Waals surface area contributed by atoms with Crippen molar-refractivity contribution in [1.82, 2.24) is 0 Å². The maximum Gasteiger partial charge on any atom is 0.0316 e. The molecule has 1 N–H and O–H groups in total. The van der Waals surface area contributed by atoms with Crippen molar-refractivity contribution in [2.24, 2.45) is 0 Å². The zero-order valence-corrected chi connectivity index (χ0v) is 12.2. The maximum absolute atomic E-state index is 7.58. The van der Waals surface area contributed by atoms with Crippen LogP contribution in [0.4, 0.5) is 0 Å². The summed E-state index contributed by atoms with van der Waals surface area (Å²) in [5, 5.41) is 7.58. The van der Waals surface area contributed by atoms with Gasteiger partial charge in [0.15, 0.2) is 0 Å². The van der Waals surface area contributed by atoms with Gasteiger partial charge in [0, 0.05) is 5.71 Å². The van der Waals surface area contributed by atoms with Gasteiger partial charge in [-0.3, -0.25) is 0 Å². The molecular formula is C15H31N. The molecule has 0 fully saturated rings. The summed E-state index contributed by atoms with van der Waals surface area (Å²) in [5.41, 5.74) is 1.91. The van der Waals surface area contributed by atoms with Crippen molar-refractivity contribution in [3.05, 3.63) is 24.3 Å². The van der Waals surface area contributed by atoms with Crippen LogP contribution < -0.4 is 0 Å². The second kappa shape index (κ2) is 19.7. The van der Waals surface area contributed by atoms with Crippen LogP contribution in [0.5, 0.6) is 0 Å². The fourth-order valence-corrected chi connectivity index (χ4v) is 1.09. The molecule has 0 rings (SSSR count). The lowest BCUT2D eigenvalue weighted by Gasteiger charge is -1.99. The monoisotopic (exact) mass is 225 g/mol. The fourth-order valence-electron chi connectivity index (χ4n) is 1.09. The summed E-state index contributed by atoms with van der Waals surface area (Å²) in [5.74, 6) is 0. The van der Waals surface area contributed by atoms with Gasteiger partial charge >= 0.3 is 0 Å². The van der Waals surface area contributed by atoms with E-state index in [0.717, 1.165) is 31.4 Å². The lowest BCUT2D eigenvalue weighted by atomic mass is 10.1. The van der Waals surface area contributed by atoms with Gasteiger partial charge in [0.05, 0.1) is 0 Å². The zero-order valence-electron chi connectivity index (χ0n) is 12.2. The van der Waals surface area contributed by atoms with Gasteiger partial charge in [0.1, 0.15) is 0 Å². The lowest BCUT2D eigenvalue weighted by Crippen LogP contribution is -1.91. The van der Waals surface area contributed by atoms with Gasteiger partial charge in [0.2, 0.25) is 0 Å². The summed E-state index contributed by atoms with van der Waals surface area (Å²) < 4.78 is 0. The van der Waals surface area contributed by atoms with Crippen molar-refractivity contribution in [3.63, 3.8) is 0 Å². The van der Waals surface area contributed by atoms with E-state index < -0.39 is 0 Å². The smallest absolute Gasteiger partial charge is 0.0316 e. The van der Waals surface area contributed by atoms with Crippen molar-refractivity contribution in [2.45, 2.75) is 67.2 Å². The molecule has 0 radical (unpaired) electrons. The van der Waals surface area contributed by atoms with E-state index in [2.05, 4.69) is 20.4 Å². The SMILES string of the molecule is C=C/C(=C\C(=N)CCC)CCC.CC.CC. The first-order valence-electron chi connectivity index (χ1n) is 6.65. The summed E-state index contributed by atoms with van der Waals surface area (Å²) in [4.78, 5) is 0. The predicted octanol–water partition coefficient (Wildman–Crippen LogP) is 5.77. The number of hydrogen-bond acceptors (Lipinski definition) is 1. The minimum absolute atomic E-state index is 0.723. The minimum atomic E-state index is 0.723. The van der Waals surface area contributed by atoms with Crippen LogP contribution >= 0.6 is 0 Å². The van der Waals surface area contributed by atoms with E-state index >= 15 is 0 Å². The normalized spacial score (nSPS) is 9.25. The van der Waals surface area contributed by atoms with Crippen LogP contribution in [0.2, 0.25) is 0 Å². The first-order valence-corrected chi connectivity index (χ1v) is 6.65. The largest absolute Gasteiger partial charge is 0.305 e. The molecule has 0 saturated carbocycles. The highest BCUT2D eigenvalue weighted by Gasteiger charge is 1.93. The zero-order chi connectivity index (χ0) is 13.4. The molecule has 1 heteroatoms. The van der Waals surface area contributed by atoms with Crippen LogP contribution in [0, 0.1) is 5.41 Å². The molecule has 0 heterocycles. The van der Waals surface area contributed by atoms with Gasteiger partial charge in [-0.25, -0.2) is 0 Å². The van der Waals surface area contributed by atoms with E-state index in [9.17, 15) is 0 Å².